The molecule has 1 saturated carbocycles. The second kappa shape index (κ2) is 5.62. The summed E-state index contributed by atoms with van der Waals surface area (Å²) in [7, 11) is 0. The van der Waals surface area contributed by atoms with Crippen molar-refractivity contribution < 1.29 is 4.79 Å². The average molecular weight is 307 g/mol. The highest BCUT2D eigenvalue weighted by Crippen LogP contribution is 2.42. The highest BCUT2D eigenvalue weighted by atomic mass is 35.5. The zero-order chi connectivity index (χ0) is 15.1. The Morgan fingerprint density at radius 1 is 1.43 bits per heavy atom. The summed E-state index contributed by atoms with van der Waals surface area (Å²) >= 11 is 6.12. The first kappa shape index (κ1) is 14.9. The summed E-state index contributed by atoms with van der Waals surface area (Å²) in [6, 6.07) is 8.15. The molecule has 1 aliphatic carbocycles. The zero-order valence-electron chi connectivity index (χ0n) is 12.8. The maximum atomic E-state index is 12.8. The van der Waals surface area contributed by atoms with Crippen LogP contribution in [-0.4, -0.2) is 22.9 Å². The third-order valence-corrected chi connectivity index (χ3v) is 4.72. The third-order valence-electron chi connectivity index (χ3n) is 4.49. The number of benzene rings is 1. The van der Waals surface area contributed by atoms with E-state index < -0.39 is 0 Å². The van der Waals surface area contributed by atoms with Crippen molar-refractivity contribution in [1.82, 2.24) is 10.2 Å². The molecule has 0 spiro atoms. The minimum atomic E-state index is -0.0678. The van der Waals surface area contributed by atoms with E-state index in [0.717, 1.165) is 23.4 Å². The fourth-order valence-corrected chi connectivity index (χ4v) is 3.47. The Kier molecular flexibility index (Phi) is 3.98. The molecule has 0 aromatic heterocycles. The summed E-state index contributed by atoms with van der Waals surface area (Å²) in [6.07, 6.45) is 1.96. The van der Waals surface area contributed by atoms with E-state index in [-0.39, 0.29) is 18.1 Å². The smallest absolute Gasteiger partial charge is 0.241 e. The van der Waals surface area contributed by atoms with Gasteiger partial charge in [0.1, 0.15) is 6.17 Å². The van der Waals surface area contributed by atoms with Gasteiger partial charge in [0.05, 0.1) is 6.04 Å². The summed E-state index contributed by atoms with van der Waals surface area (Å²) in [5, 5.41) is 4.25. The van der Waals surface area contributed by atoms with Gasteiger partial charge in [0.15, 0.2) is 0 Å². The lowest BCUT2D eigenvalue weighted by atomic mass is 10.0. The van der Waals surface area contributed by atoms with Gasteiger partial charge >= 0.3 is 0 Å². The Bertz CT molecular complexity index is 545. The van der Waals surface area contributed by atoms with Crippen LogP contribution >= 0.6 is 11.6 Å². The van der Waals surface area contributed by atoms with E-state index >= 15 is 0 Å². The van der Waals surface area contributed by atoms with E-state index in [1.54, 1.807) is 0 Å². The maximum Gasteiger partial charge on any atom is 0.241 e. The van der Waals surface area contributed by atoms with Gasteiger partial charge in [-0.1, -0.05) is 44.5 Å². The van der Waals surface area contributed by atoms with Crippen molar-refractivity contribution in [3.63, 3.8) is 0 Å². The largest absolute Gasteiger partial charge is 0.318 e. The number of hydrogen-bond acceptors (Lipinski definition) is 2. The van der Waals surface area contributed by atoms with Crippen LogP contribution in [0.25, 0.3) is 0 Å². The number of nitrogens with one attached hydrogen (secondary N) is 1. The van der Waals surface area contributed by atoms with Crippen LogP contribution in [0, 0.1) is 11.8 Å². The minimum Gasteiger partial charge on any atom is -0.318 e. The molecule has 2 aliphatic rings. The van der Waals surface area contributed by atoms with Gasteiger partial charge in [-0.25, -0.2) is 0 Å². The van der Waals surface area contributed by atoms with Crippen LogP contribution in [0.3, 0.4) is 0 Å². The normalized spacial score (nSPS) is 32.0. The monoisotopic (exact) mass is 306 g/mol. The first-order valence-corrected chi connectivity index (χ1v) is 8.19. The van der Waals surface area contributed by atoms with Crippen LogP contribution in [0.5, 0.6) is 0 Å². The van der Waals surface area contributed by atoms with Crippen LogP contribution in [0.2, 0.25) is 5.02 Å². The fourth-order valence-electron chi connectivity index (χ4n) is 3.27. The quantitative estimate of drug-likeness (QED) is 0.922. The Labute approximate surface area is 131 Å². The van der Waals surface area contributed by atoms with E-state index in [4.69, 9.17) is 11.6 Å². The molecule has 0 bridgehead atoms. The lowest BCUT2D eigenvalue weighted by Gasteiger charge is -2.25. The molecule has 1 saturated heterocycles. The molecule has 21 heavy (non-hydrogen) atoms. The Hall–Kier alpha value is -1.06. The standard InChI is InChI=1S/C17H23ClN2O/c1-10(2)7-14-17(21)20(15-8-11(15)3)16(19-14)12-5-4-6-13(18)9-12/h4-6,9-11,14-16,19H,7-8H2,1-3H3. The number of halogens is 1. The molecular formula is C17H23ClN2O. The lowest BCUT2D eigenvalue weighted by molar-refractivity contribution is -0.131. The first-order valence-electron chi connectivity index (χ1n) is 7.81. The van der Waals surface area contributed by atoms with Crippen LogP contribution in [0.15, 0.2) is 24.3 Å². The van der Waals surface area contributed by atoms with E-state index in [1.165, 1.54) is 0 Å². The van der Waals surface area contributed by atoms with E-state index in [2.05, 4.69) is 37.1 Å². The zero-order valence-corrected chi connectivity index (χ0v) is 13.6. The van der Waals surface area contributed by atoms with Crippen LogP contribution in [-0.2, 0) is 4.79 Å². The van der Waals surface area contributed by atoms with Crippen LogP contribution in [0.4, 0.5) is 0 Å². The van der Waals surface area contributed by atoms with Gasteiger partial charge < -0.3 is 4.90 Å². The highest BCUT2D eigenvalue weighted by molar-refractivity contribution is 6.30. The van der Waals surface area contributed by atoms with Crippen molar-refractivity contribution in [3.8, 4) is 0 Å². The van der Waals surface area contributed by atoms with Gasteiger partial charge in [0.25, 0.3) is 0 Å². The van der Waals surface area contributed by atoms with E-state index in [1.807, 2.05) is 18.2 Å². The van der Waals surface area contributed by atoms with Gasteiger partial charge in [0.2, 0.25) is 5.91 Å². The SMILES string of the molecule is CC(C)CC1NC(c2cccc(Cl)c2)N(C2CC2C)C1=O. The van der Waals surface area contributed by atoms with Crippen molar-refractivity contribution in [3.05, 3.63) is 34.9 Å². The van der Waals surface area contributed by atoms with Crippen molar-refractivity contribution >= 4 is 17.5 Å². The summed E-state index contributed by atoms with van der Waals surface area (Å²) in [5.74, 6) is 1.36. The molecule has 1 heterocycles. The number of hydrogen-bond donors (Lipinski definition) is 1. The molecule has 1 aromatic rings. The molecule has 1 aromatic carbocycles. The molecule has 1 amide bonds. The molecule has 114 valence electrons. The second-order valence-electron chi connectivity index (χ2n) is 6.83. The van der Waals surface area contributed by atoms with Crippen molar-refractivity contribution in [2.75, 3.05) is 0 Å². The van der Waals surface area contributed by atoms with Crippen molar-refractivity contribution in [2.24, 2.45) is 11.8 Å². The van der Waals surface area contributed by atoms with E-state index in [9.17, 15) is 4.79 Å². The van der Waals surface area contributed by atoms with Crippen molar-refractivity contribution in [1.29, 1.82) is 0 Å². The van der Waals surface area contributed by atoms with Gasteiger partial charge in [-0.2, -0.15) is 0 Å². The number of nitrogens with zero attached hydrogens (tertiary/aromatic N) is 1. The summed E-state index contributed by atoms with van der Waals surface area (Å²) in [5.41, 5.74) is 1.08. The fraction of sp³-hybridized carbons (Fsp3) is 0.588. The summed E-state index contributed by atoms with van der Waals surface area (Å²) in [4.78, 5) is 14.8. The topological polar surface area (TPSA) is 32.3 Å². The van der Waals surface area contributed by atoms with Gasteiger partial charge in [-0.05, 0) is 42.4 Å². The Balaban J connectivity index is 1.88. The second-order valence-corrected chi connectivity index (χ2v) is 7.27. The molecule has 3 nitrogen and oxygen atoms in total. The highest BCUT2D eigenvalue weighted by Gasteiger charge is 2.50. The molecule has 1 aliphatic heterocycles. The number of carbonyl (C=O) groups is 1. The van der Waals surface area contributed by atoms with Crippen LogP contribution < -0.4 is 5.32 Å². The predicted octanol–water partition coefficient (Wildman–Crippen LogP) is 3.59. The number of rotatable bonds is 4. The van der Waals surface area contributed by atoms with Gasteiger partial charge in [-0.15, -0.1) is 0 Å². The Morgan fingerprint density at radius 3 is 2.71 bits per heavy atom. The molecule has 1 N–H and O–H groups in total. The summed E-state index contributed by atoms with van der Waals surface area (Å²) in [6.45, 7) is 6.53. The maximum absolute atomic E-state index is 12.8. The number of amides is 1. The molecule has 4 unspecified atom stereocenters. The lowest BCUT2D eigenvalue weighted by Crippen LogP contribution is -2.34. The molecule has 4 heteroatoms. The minimum absolute atomic E-state index is 0.0325. The first-order chi connectivity index (χ1) is 9.97. The van der Waals surface area contributed by atoms with Gasteiger partial charge in [0, 0.05) is 11.1 Å². The molecule has 3 rings (SSSR count). The molecule has 2 fully saturated rings. The Morgan fingerprint density at radius 2 is 2.14 bits per heavy atom. The van der Waals surface area contributed by atoms with Crippen molar-refractivity contribution in [2.45, 2.75) is 51.9 Å². The predicted molar refractivity (Wildman–Crippen MR) is 85.0 cm³/mol. The average Bonchev–Trinajstić information content (AvgIpc) is 3.04. The molecule has 0 radical (unpaired) electrons. The molecule has 4 atom stereocenters. The third kappa shape index (κ3) is 2.95. The molecular weight excluding hydrogens is 284 g/mol. The summed E-state index contributed by atoms with van der Waals surface area (Å²) < 4.78 is 0. The van der Waals surface area contributed by atoms with Crippen LogP contribution in [0.1, 0.15) is 45.3 Å². The number of carbonyl (C=O) groups excluding carboxylic acids is 1. The van der Waals surface area contributed by atoms with Gasteiger partial charge in [-0.3, -0.25) is 10.1 Å². The van der Waals surface area contributed by atoms with E-state index in [0.29, 0.717) is 17.9 Å².